The van der Waals surface area contributed by atoms with E-state index in [2.05, 4.69) is 5.32 Å². The summed E-state index contributed by atoms with van der Waals surface area (Å²) in [6.45, 7) is 0.0255. The molecule has 0 saturated heterocycles. The van der Waals surface area contributed by atoms with E-state index in [1.807, 2.05) is 0 Å². The van der Waals surface area contributed by atoms with Gasteiger partial charge in [-0.05, 0) is 42.0 Å². The molecule has 158 valence electrons. The molecule has 5 nitrogen and oxygen atoms in total. The van der Waals surface area contributed by atoms with Gasteiger partial charge in [0.15, 0.2) is 0 Å². The molecule has 0 aliphatic carbocycles. The maximum Gasteiger partial charge on any atom is 0.240 e. The van der Waals surface area contributed by atoms with Gasteiger partial charge in [0.2, 0.25) is 15.9 Å². The van der Waals surface area contributed by atoms with Crippen LogP contribution in [0.25, 0.3) is 0 Å². The first kappa shape index (κ1) is 23.8. The molecule has 10 heteroatoms. The fourth-order valence-electron chi connectivity index (χ4n) is 2.43. The lowest BCUT2D eigenvalue weighted by molar-refractivity contribution is -0.119. The van der Waals surface area contributed by atoms with Crippen LogP contribution in [0.4, 0.5) is 10.1 Å². The van der Waals surface area contributed by atoms with Crippen LogP contribution >= 0.6 is 35.0 Å². The number of halogens is 3. The van der Waals surface area contributed by atoms with Crippen molar-refractivity contribution in [2.45, 2.75) is 12.2 Å². The molecule has 0 heterocycles. The Kier molecular flexibility index (Phi) is 9.07. The third-order valence-electron chi connectivity index (χ3n) is 3.86. The Morgan fingerprint density at radius 2 is 1.86 bits per heavy atom. The smallest absolute Gasteiger partial charge is 0.240 e. The molecule has 0 aromatic heterocycles. The average molecular weight is 479 g/mol. The van der Waals surface area contributed by atoms with Crippen molar-refractivity contribution in [2.24, 2.45) is 0 Å². The van der Waals surface area contributed by atoms with Crippen LogP contribution in [-0.4, -0.2) is 39.4 Å². The van der Waals surface area contributed by atoms with Crippen LogP contribution in [0.5, 0.6) is 0 Å². The van der Waals surface area contributed by atoms with E-state index in [1.165, 1.54) is 24.3 Å². The molecule has 0 saturated carbocycles. The van der Waals surface area contributed by atoms with E-state index >= 15 is 0 Å². The summed E-state index contributed by atoms with van der Waals surface area (Å²) in [7, 11) is -3.73. The predicted molar refractivity (Wildman–Crippen MR) is 119 cm³/mol. The maximum absolute atomic E-state index is 12.9. The number of anilines is 1. The zero-order valence-corrected chi connectivity index (χ0v) is 18.8. The van der Waals surface area contributed by atoms with Crippen LogP contribution in [0, 0.1) is 5.82 Å². The molecule has 1 N–H and O–H groups in total. The van der Waals surface area contributed by atoms with Gasteiger partial charge < -0.3 is 5.32 Å². The number of thioether (sulfide) groups is 1. The molecule has 2 rings (SSSR count). The summed E-state index contributed by atoms with van der Waals surface area (Å²) in [5.74, 6) is 0.857. The molecule has 0 aliphatic heterocycles. The zero-order valence-electron chi connectivity index (χ0n) is 15.7. The highest BCUT2D eigenvalue weighted by atomic mass is 35.5. The van der Waals surface area contributed by atoms with Crippen molar-refractivity contribution < 1.29 is 17.6 Å². The fraction of sp³-hybridized carbons (Fsp3) is 0.316. The maximum atomic E-state index is 12.9. The molecule has 2 aromatic rings. The number of sulfonamides is 1. The summed E-state index contributed by atoms with van der Waals surface area (Å²) >= 11 is 13.7. The minimum Gasteiger partial charge on any atom is -0.354 e. The van der Waals surface area contributed by atoms with Crippen molar-refractivity contribution in [3.63, 3.8) is 0 Å². The Morgan fingerprint density at radius 1 is 1.17 bits per heavy atom. The lowest BCUT2D eigenvalue weighted by atomic mass is 10.2. The molecular weight excluding hydrogens is 458 g/mol. The van der Waals surface area contributed by atoms with E-state index in [0.29, 0.717) is 13.0 Å². The highest BCUT2D eigenvalue weighted by Gasteiger charge is 2.23. The number of carbonyl (C=O) groups excluding carboxylic acids is 1. The van der Waals surface area contributed by atoms with Crippen molar-refractivity contribution >= 4 is 56.6 Å². The molecule has 0 unspecified atom stereocenters. The zero-order chi connectivity index (χ0) is 21.4. The molecule has 0 aliphatic rings. The van der Waals surface area contributed by atoms with E-state index in [-0.39, 0.29) is 28.1 Å². The quantitative estimate of drug-likeness (QED) is 0.515. The Hall–Kier alpha value is -1.48. The first-order chi connectivity index (χ1) is 13.7. The second-order valence-corrected chi connectivity index (χ2v) is 10.0. The van der Waals surface area contributed by atoms with E-state index in [0.717, 1.165) is 27.6 Å². The van der Waals surface area contributed by atoms with Gasteiger partial charge in [-0.15, -0.1) is 0 Å². The number of hydrogen-bond acceptors (Lipinski definition) is 4. The predicted octanol–water partition coefficient (Wildman–Crippen LogP) is 4.34. The second-order valence-electron chi connectivity index (χ2n) is 6.23. The van der Waals surface area contributed by atoms with Gasteiger partial charge in [-0.3, -0.25) is 9.10 Å². The van der Waals surface area contributed by atoms with Crippen LogP contribution < -0.4 is 9.62 Å². The third kappa shape index (κ3) is 7.70. The summed E-state index contributed by atoms with van der Waals surface area (Å²) in [6.07, 6.45) is 1.72. The van der Waals surface area contributed by atoms with Crippen LogP contribution in [-0.2, 0) is 20.6 Å². The second kappa shape index (κ2) is 11.1. The fourth-order valence-corrected chi connectivity index (χ4v) is 4.65. The first-order valence-electron chi connectivity index (χ1n) is 8.69. The van der Waals surface area contributed by atoms with Crippen molar-refractivity contribution in [3.05, 3.63) is 63.9 Å². The molecule has 29 heavy (non-hydrogen) atoms. The van der Waals surface area contributed by atoms with Crippen molar-refractivity contribution in [1.29, 1.82) is 0 Å². The highest BCUT2D eigenvalue weighted by molar-refractivity contribution is 7.98. The van der Waals surface area contributed by atoms with Gasteiger partial charge in [0.25, 0.3) is 0 Å². The summed E-state index contributed by atoms with van der Waals surface area (Å²) in [4.78, 5) is 12.2. The van der Waals surface area contributed by atoms with Gasteiger partial charge in [0.05, 0.1) is 22.0 Å². The third-order valence-corrected chi connectivity index (χ3v) is 6.91. The van der Waals surface area contributed by atoms with Crippen molar-refractivity contribution in [3.8, 4) is 0 Å². The van der Waals surface area contributed by atoms with Gasteiger partial charge in [0, 0.05) is 12.3 Å². The number of carbonyl (C=O) groups is 1. The topological polar surface area (TPSA) is 66.5 Å². The minimum absolute atomic E-state index is 0.0737. The average Bonchev–Trinajstić information content (AvgIpc) is 2.66. The van der Waals surface area contributed by atoms with Crippen molar-refractivity contribution in [2.75, 3.05) is 29.4 Å². The normalized spacial score (nSPS) is 11.3. The molecule has 0 spiro atoms. The number of nitrogens with zero attached hydrogens (tertiary/aromatic N) is 1. The SMILES string of the molecule is CS(=O)(=O)N(CC(=O)NCCCSCc1ccc(F)cc1)c1cccc(Cl)c1Cl. The molecule has 1 amide bonds. The summed E-state index contributed by atoms with van der Waals surface area (Å²) in [5.41, 5.74) is 1.19. The van der Waals surface area contributed by atoms with Crippen LogP contribution in [0.2, 0.25) is 10.0 Å². The highest BCUT2D eigenvalue weighted by Crippen LogP contribution is 2.33. The number of benzene rings is 2. The van der Waals surface area contributed by atoms with Gasteiger partial charge in [-0.1, -0.05) is 41.4 Å². The molecule has 0 fully saturated rings. The lowest BCUT2D eigenvalue weighted by Gasteiger charge is -2.23. The molecule has 0 atom stereocenters. The molecule has 0 bridgehead atoms. The van der Waals surface area contributed by atoms with Crippen LogP contribution in [0.1, 0.15) is 12.0 Å². The molecular formula is C19H21Cl2FN2O3S2. The van der Waals surface area contributed by atoms with Gasteiger partial charge in [-0.2, -0.15) is 11.8 Å². The number of rotatable bonds is 10. The van der Waals surface area contributed by atoms with Gasteiger partial charge in [-0.25, -0.2) is 12.8 Å². The van der Waals surface area contributed by atoms with E-state index in [4.69, 9.17) is 23.2 Å². The number of nitrogens with one attached hydrogen (secondary N) is 1. The Balaban J connectivity index is 1.80. The minimum atomic E-state index is -3.73. The lowest BCUT2D eigenvalue weighted by Crippen LogP contribution is -2.40. The van der Waals surface area contributed by atoms with Gasteiger partial charge in [0.1, 0.15) is 12.4 Å². The Morgan fingerprint density at radius 3 is 2.52 bits per heavy atom. The summed E-state index contributed by atoms with van der Waals surface area (Å²) in [5, 5.41) is 2.99. The number of hydrogen-bond donors (Lipinski definition) is 1. The Labute approximate surface area is 184 Å². The summed E-state index contributed by atoms with van der Waals surface area (Å²) < 4.78 is 38.0. The molecule has 0 radical (unpaired) electrons. The standard InChI is InChI=1S/C19H21Cl2FN2O3S2/c1-29(26,27)24(17-5-2-4-16(20)19(17)21)12-18(25)23-10-3-11-28-13-14-6-8-15(22)9-7-14/h2,4-9H,3,10-13H2,1H3,(H,23,25). The Bertz CT molecular complexity index is 941. The number of amides is 1. The van der Waals surface area contributed by atoms with Crippen molar-refractivity contribution in [1.82, 2.24) is 5.32 Å². The van der Waals surface area contributed by atoms with Gasteiger partial charge >= 0.3 is 0 Å². The summed E-state index contributed by atoms with van der Waals surface area (Å²) in [6, 6.07) is 10.9. The van der Waals surface area contributed by atoms with E-state index < -0.39 is 15.9 Å². The largest absolute Gasteiger partial charge is 0.354 e. The van der Waals surface area contributed by atoms with Crippen LogP contribution in [0.3, 0.4) is 0 Å². The van der Waals surface area contributed by atoms with E-state index in [1.54, 1.807) is 30.0 Å². The monoisotopic (exact) mass is 478 g/mol. The molecule has 2 aromatic carbocycles. The first-order valence-corrected chi connectivity index (χ1v) is 12.4. The van der Waals surface area contributed by atoms with Crippen LogP contribution in [0.15, 0.2) is 42.5 Å². The van der Waals surface area contributed by atoms with E-state index in [9.17, 15) is 17.6 Å².